The number of aromatic nitrogens is 2. The Balaban J connectivity index is 1.87. The molecule has 108 valence electrons. The average molecular weight is 289 g/mol. The first-order valence-electron chi connectivity index (χ1n) is 6.26. The first kappa shape index (κ1) is 14.4. The Morgan fingerprint density at radius 2 is 2.26 bits per heavy atom. The fourth-order valence-corrected chi connectivity index (χ4v) is 3.15. The third-order valence-corrected chi connectivity index (χ3v) is 4.63. The van der Waals surface area contributed by atoms with Gasteiger partial charge in [0.15, 0.2) is 0 Å². The second-order valence-electron chi connectivity index (χ2n) is 4.70. The monoisotopic (exact) mass is 289 g/mol. The lowest BCUT2D eigenvalue weighted by Gasteiger charge is -2.07. The highest BCUT2D eigenvalue weighted by Crippen LogP contribution is 2.28. The van der Waals surface area contributed by atoms with Crippen LogP contribution in [0.5, 0.6) is 0 Å². The van der Waals surface area contributed by atoms with Gasteiger partial charge in [0, 0.05) is 13.2 Å². The molecule has 1 aromatic heterocycles. The zero-order chi connectivity index (χ0) is 13.9. The van der Waals surface area contributed by atoms with E-state index in [-0.39, 0.29) is 17.1 Å². The van der Waals surface area contributed by atoms with Crippen LogP contribution >= 0.6 is 0 Å². The van der Waals surface area contributed by atoms with Crippen LogP contribution in [0.3, 0.4) is 0 Å². The summed E-state index contributed by atoms with van der Waals surface area (Å²) in [6.45, 7) is 2.45. The lowest BCUT2D eigenvalue weighted by atomic mass is 10.4. The fraction of sp³-hybridized carbons (Fsp3) is 0.727. The Hall–Kier alpha value is -0.960. The number of aromatic amines is 1. The highest BCUT2D eigenvalue weighted by atomic mass is 32.2. The lowest BCUT2D eigenvalue weighted by Crippen LogP contribution is -2.28. The van der Waals surface area contributed by atoms with Crippen LogP contribution < -0.4 is 4.72 Å². The van der Waals surface area contributed by atoms with Gasteiger partial charge in [-0.25, -0.2) is 13.1 Å². The number of hydrogen-bond donors (Lipinski definition) is 3. The number of ether oxygens (including phenoxy) is 1. The molecule has 0 aliphatic heterocycles. The van der Waals surface area contributed by atoms with Gasteiger partial charge in [-0.05, 0) is 25.7 Å². The van der Waals surface area contributed by atoms with Crippen molar-refractivity contribution >= 4 is 10.0 Å². The molecular formula is C11H19N3O4S. The van der Waals surface area contributed by atoms with Crippen molar-refractivity contribution in [1.29, 1.82) is 0 Å². The van der Waals surface area contributed by atoms with E-state index in [1.165, 1.54) is 12.8 Å². The van der Waals surface area contributed by atoms with Gasteiger partial charge in [0.05, 0.1) is 18.9 Å². The van der Waals surface area contributed by atoms with Gasteiger partial charge in [-0.15, -0.1) is 0 Å². The van der Waals surface area contributed by atoms with Crippen LogP contribution in [0.4, 0.5) is 0 Å². The van der Waals surface area contributed by atoms with Gasteiger partial charge in [-0.3, -0.25) is 5.10 Å². The van der Waals surface area contributed by atoms with Crippen LogP contribution in [0, 0.1) is 12.8 Å². The quantitative estimate of drug-likeness (QED) is 0.580. The van der Waals surface area contributed by atoms with Gasteiger partial charge in [0.25, 0.3) is 0 Å². The second kappa shape index (κ2) is 6.00. The van der Waals surface area contributed by atoms with Crippen LogP contribution in [-0.4, -0.2) is 43.5 Å². The maximum Gasteiger partial charge on any atom is 0.244 e. The molecule has 0 saturated heterocycles. The van der Waals surface area contributed by atoms with Crippen molar-refractivity contribution in [1.82, 2.24) is 14.9 Å². The number of nitrogens with zero attached hydrogens (tertiary/aromatic N) is 1. The minimum atomic E-state index is -3.66. The summed E-state index contributed by atoms with van der Waals surface area (Å²) in [5.74, 6) is 0.661. The van der Waals surface area contributed by atoms with Crippen LogP contribution in [0.25, 0.3) is 0 Å². The molecule has 1 saturated carbocycles. The molecule has 8 heteroatoms. The van der Waals surface area contributed by atoms with Crippen molar-refractivity contribution in [3.63, 3.8) is 0 Å². The molecule has 0 aromatic carbocycles. The number of aliphatic hydroxyl groups excluding tert-OH is 1. The summed E-state index contributed by atoms with van der Waals surface area (Å²) in [4.78, 5) is 0.0252. The maximum absolute atomic E-state index is 12.1. The van der Waals surface area contributed by atoms with Gasteiger partial charge in [0.2, 0.25) is 10.0 Å². The Morgan fingerprint density at radius 1 is 1.53 bits per heavy atom. The first-order chi connectivity index (χ1) is 9.04. The summed E-state index contributed by atoms with van der Waals surface area (Å²) in [5, 5.41) is 15.4. The zero-order valence-corrected chi connectivity index (χ0v) is 11.7. The molecule has 1 aliphatic rings. The largest absolute Gasteiger partial charge is 0.390 e. The second-order valence-corrected chi connectivity index (χ2v) is 6.40. The number of rotatable bonds is 8. The Kier molecular flexibility index (Phi) is 4.56. The highest BCUT2D eigenvalue weighted by molar-refractivity contribution is 7.89. The molecule has 0 amide bonds. The lowest BCUT2D eigenvalue weighted by molar-refractivity contribution is 0.129. The van der Waals surface area contributed by atoms with E-state index >= 15 is 0 Å². The van der Waals surface area contributed by atoms with E-state index < -0.39 is 16.6 Å². The Bertz CT molecular complexity index is 522. The van der Waals surface area contributed by atoms with Crippen molar-refractivity contribution in [2.24, 2.45) is 5.92 Å². The van der Waals surface area contributed by atoms with Gasteiger partial charge in [-0.1, -0.05) is 0 Å². The number of nitrogens with one attached hydrogen (secondary N) is 2. The summed E-state index contributed by atoms with van der Waals surface area (Å²) in [6, 6.07) is 0. The molecule has 19 heavy (non-hydrogen) atoms. The SMILES string of the molecule is Cc1[nH]nc(CO)c1S(=O)(=O)NCCOCC1CC1. The third-order valence-electron chi connectivity index (χ3n) is 2.97. The van der Waals surface area contributed by atoms with E-state index in [0.29, 0.717) is 24.8 Å². The molecule has 0 unspecified atom stereocenters. The van der Waals surface area contributed by atoms with E-state index in [1.807, 2.05) is 0 Å². The van der Waals surface area contributed by atoms with E-state index in [2.05, 4.69) is 14.9 Å². The van der Waals surface area contributed by atoms with Gasteiger partial charge in [0.1, 0.15) is 10.6 Å². The molecule has 0 radical (unpaired) electrons. The first-order valence-corrected chi connectivity index (χ1v) is 7.75. The van der Waals surface area contributed by atoms with Crippen LogP contribution in [-0.2, 0) is 21.4 Å². The van der Waals surface area contributed by atoms with Crippen LogP contribution in [0.1, 0.15) is 24.2 Å². The normalized spacial score (nSPS) is 15.9. The number of aryl methyl sites for hydroxylation is 1. The minimum absolute atomic E-state index is 0.0252. The van der Waals surface area contributed by atoms with Crippen molar-refractivity contribution in [3.8, 4) is 0 Å². The summed E-state index contributed by atoms with van der Waals surface area (Å²) < 4.78 is 31.9. The molecule has 0 spiro atoms. The van der Waals surface area contributed by atoms with Gasteiger partial charge < -0.3 is 9.84 Å². The van der Waals surface area contributed by atoms with E-state index in [4.69, 9.17) is 9.84 Å². The van der Waals surface area contributed by atoms with Crippen molar-refractivity contribution in [2.45, 2.75) is 31.3 Å². The van der Waals surface area contributed by atoms with Crippen LogP contribution in [0.15, 0.2) is 4.90 Å². The number of hydrogen-bond acceptors (Lipinski definition) is 5. The number of sulfonamides is 1. The smallest absolute Gasteiger partial charge is 0.244 e. The topological polar surface area (TPSA) is 104 Å². The summed E-state index contributed by atoms with van der Waals surface area (Å²) in [6.07, 6.45) is 2.42. The number of aliphatic hydroxyl groups is 1. The summed E-state index contributed by atoms with van der Waals surface area (Å²) in [5.41, 5.74) is 0.541. The third kappa shape index (κ3) is 3.75. The van der Waals surface area contributed by atoms with E-state index in [9.17, 15) is 8.42 Å². The van der Waals surface area contributed by atoms with Crippen molar-refractivity contribution < 1.29 is 18.3 Å². The zero-order valence-electron chi connectivity index (χ0n) is 10.8. The molecular weight excluding hydrogens is 270 g/mol. The predicted molar refractivity (Wildman–Crippen MR) is 68.0 cm³/mol. The van der Waals surface area contributed by atoms with E-state index in [0.717, 1.165) is 0 Å². The molecule has 7 nitrogen and oxygen atoms in total. The average Bonchev–Trinajstić information content (AvgIpc) is 3.10. The fourth-order valence-electron chi connectivity index (χ4n) is 1.79. The molecule has 0 atom stereocenters. The summed E-state index contributed by atoms with van der Waals surface area (Å²) in [7, 11) is -3.66. The van der Waals surface area contributed by atoms with Crippen molar-refractivity contribution in [2.75, 3.05) is 19.8 Å². The molecule has 2 rings (SSSR count). The van der Waals surface area contributed by atoms with E-state index in [1.54, 1.807) is 6.92 Å². The maximum atomic E-state index is 12.1. The molecule has 0 bridgehead atoms. The molecule has 3 N–H and O–H groups in total. The minimum Gasteiger partial charge on any atom is -0.390 e. The summed E-state index contributed by atoms with van der Waals surface area (Å²) >= 11 is 0. The molecule has 1 aromatic rings. The highest BCUT2D eigenvalue weighted by Gasteiger charge is 2.24. The standard InChI is InChI=1S/C11H19N3O4S/c1-8-11(10(6-15)14-13-8)19(16,17)12-4-5-18-7-9-2-3-9/h9,12,15H,2-7H2,1H3,(H,13,14). The van der Waals surface area contributed by atoms with Crippen molar-refractivity contribution in [3.05, 3.63) is 11.4 Å². The molecule has 1 fully saturated rings. The Labute approximate surface area is 112 Å². The predicted octanol–water partition coefficient (Wildman–Crippen LogP) is -0.0847. The van der Waals surface area contributed by atoms with Gasteiger partial charge in [-0.2, -0.15) is 5.10 Å². The Morgan fingerprint density at radius 3 is 2.89 bits per heavy atom. The molecule has 1 aliphatic carbocycles. The van der Waals surface area contributed by atoms with Gasteiger partial charge >= 0.3 is 0 Å². The number of H-pyrrole nitrogens is 1. The molecule has 1 heterocycles. The van der Waals surface area contributed by atoms with Crippen LogP contribution in [0.2, 0.25) is 0 Å².